The van der Waals surface area contributed by atoms with Crippen molar-refractivity contribution in [3.05, 3.63) is 42.5 Å². The van der Waals surface area contributed by atoms with Gasteiger partial charge < -0.3 is 14.2 Å². The minimum atomic E-state index is -0.431. The zero-order valence-corrected chi connectivity index (χ0v) is 14.7. The molecule has 0 atom stereocenters. The molecule has 0 bridgehead atoms. The van der Waals surface area contributed by atoms with Gasteiger partial charge in [0.05, 0.1) is 18.6 Å². The van der Waals surface area contributed by atoms with E-state index in [1.807, 2.05) is 51.1 Å². The molecular formula is C22H34O4. The average molecular weight is 363 g/mol. The van der Waals surface area contributed by atoms with E-state index < -0.39 is 5.41 Å². The minimum Gasteiger partial charge on any atom is -0.491 e. The molecule has 0 aliphatic rings. The van der Waals surface area contributed by atoms with E-state index in [1.54, 1.807) is 0 Å². The van der Waals surface area contributed by atoms with E-state index in [2.05, 4.69) is 12.1 Å². The van der Waals surface area contributed by atoms with Gasteiger partial charge in [-0.1, -0.05) is 52.1 Å². The number of hydrogen-bond acceptors (Lipinski definition) is 4. The van der Waals surface area contributed by atoms with E-state index in [9.17, 15) is 4.79 Å². The fourth-order valence-electron chi connectivity index (χ4n) is 2.11. The first-order valence-electron chi connectivity index (χ1n) is 8.39. The maximum Gasteiger partial charge on any atom is 0.311 e. The van der Waals surface area contributed by atoms with Gasteiger partial charge in [0.1, 0.15) is 19.0 Å². The summed E-state index contributed by atoms with van der Waals surface area (Å²) in [7, 11) is 0. The van der Waals surface area contributed by atoms with Gasteiger partial charge in [-0.3, -0.25) is 4.79 Å². The molecule has 4 heteroatoms. The smallest absolute Gasteiger partial charge is 0.311 e. The SMILES string of the molecule is C.C.CCC(C)(C)C(=O)OCCOCCOc1ccc2ccccc2c1. The van der Waals surface area contributed by atoms with Crippen LogP contribution in [-0.2, 0) is 14.3 Å². The van der Waals surface area contributed by atoms with E-state index in [0.717, 1.165) is 17.6 Å². The van der Waals surface area contributed by atoms with Crippen molar-refractivity contribution in [3.8, 4) is 5.75 Å². The number of ether oxygens (including phenoxy) is 3. The quantitative estimate of drug-likeness (QED) is 0.437. The number of hydrogen-bond donors (Lipinski definition) is 0. The summed E-state index contributed by atoms with van der Waals surface area (Å²) in [5, 5.41) is 2.35. The van der Waals surface area contributed by atoms with Crippen LogP contribution in [0.25, 0.3) is 10.8 Å². The molecule has 4 nitrogen and oxygen atoms in total. The number of rotatable bonds is 9. The average Bonchev–Trinajstić information content (AvgIpc) is 2.60. The Hall–Kier alpha value is -2.07. The van der Waals surface area contributed by atoms with E-state index >= 15 is 0 Å². The van der Waals surface area contributed by atoms with Gasteiger partial charge in [-0.05, 0) is 43.2 Å². The van der Waals surface area contributed by atoms with Crippen LogP contribution < -0.4 is 4.74 Å². The van der Waals surface area contributed by atoms with Crippen molar-refractivity contribution in [1.82, 2.24) is 0 Å². The Balaban J connectivity index is 0.00000312. The predicted molar refractivity (Wildman–Crippen MR) is 109 cm³/mol. The third-order valence-corrected chi connectivity index (χ3v) is 4.11. The second-order valence-corrected chi connectivity index (χ2v) is 6.34. The summed E-state index contributed by atoms with van der Waals surface area (Å²) < 4.78 is 16.3. The van der Waals surface area contributed by atoms with E-state index in [-0.39, 0.29) is 27.4 Å². The standard InChI is InChI=1S/C20H26O4.2CH4/c1-4-20(2,3)19(21)24-14-12-22-11-13-23-18-10-9-16-7-5-6-8-17(16)15-18;;/h5-10,15H,4,11-14H2,1-3H3;2*1H4. The monoisotopic (exact) mass is 362 g/mol. The molecule has 0 N–H and O–H groups in total. The van der Waals surface area contributed by atoms with Crippen molar-refractivity contribution in [3.63, 3.8) is 0 Å². The maximum atomic E-state index is 11.8. The number of esters is 1. The third kappa shape index (κ3) is 7.04. The molecule has 0 fully saturated rings. The van der Waals surface area contributed by atoms with Crippen molar-refractivity contribution >= 4 is 16.7 Å². The molecule has 0 spiro atoms. The Morgan fingerprint density at radius 1 is 0.923 bits per heavy atom. The van der Waals surface area contributed by atoms with E-state index in [0.29, 0.717) is 19.8 Å². The van der Waals surface area contributed by atoms with Crippen LogP contribution in [0.2, 0.25) is 0 Å². The number of carbonyl (C=O) groups is 1. The Kier molecular flexibility index (Phi) is 10.6. The highest BCUT2D eigenvalue weighted by atomic mass is 16.6. The lowest BCUT2D eigenvalue weighted by Gasteiger charge is -2.20. The van der Waals surface area contributed by atoms with Gasteiger partial charge in [0, 0.05) is 0 Å². The van der Waals surface area contributed by atoms with Crippen molar-refractivity contribution in [1.29, 1.82) is 0 Å². The zero-order valence-electron chi connectivity index (χ0n) is 14.7. The van der Waals surface area contributed by atoms with Crippen LogP contribution in [-0.4, -0.2) is 32.4 Å². The van der Waals surface area contributed by atoms with Crippen LogP contribution in [0.15, 0.2) is 42.5 Å². The maximum absolute atomic E-state index is 11.8. The molecule has 0 unspecified atom stereocenters. The molecule has 0 saturated carbocycles. The van der Waals surface area contributed by atoms with Crippen LogP contribution in [0.3, 0.4) is 0 Å². The van der Waals surface area contributed by atoms with Crippen molar-refractivity contribution in [2.75, 3.05) is 26.4 Å². The Morgan fingerprint density at radius 2 is 1.58 bits per heavy atom. The van der Waals surface area contributed by atoms with Crippen LogP contribution in [0, 0.1) is 5.41 Å². The largest absolute Gasteiger partial charge is 0.491 e. The van der Waals surface area contributed by atoms with Gasteiger partial charge in [-0.25, -0.2) is 0 Å². The predicted octanol–water partition coefficient (Wildman–Crippen LogP) is 5.49. The first kappa shape index (κ1) is 23.9. The number of carbonyl (C=O) groups excluding carboxylic acids is 1. The molecule has 26 heavy (non-hydrogen) atoms. The summed E-state index contributed by atoms with van der Waals surface area (Å²) in [4.78, 5) is 11.8. The van der Waals surface area contributed by atoms with Gasteiger partial charge in [0.2, 0.25) is 0 Å². The van der Waals surface area contributed by atoms with Gasteiger partial charge >= 0.3 is 5.97 Å². The first-order chi connectivity index (χ1) is 11.5. The van der Waals surface area contributed by atoms with E-state index in [4.69, 9.17) is 14.2 Å². The summed E-state index contributed by atoms with van der Waals surface area (Å²) >= 11 is 0. The number of benzene rings is 2. The molecule has 0 radical (unpaired) electrons. The topological polar surface area (TPSA) is 44.8 Å². The summed E-state index contributed by atoms with van der Waals surface area (Å²) in [5.74, 6) is 0.648. The summed E-state index contributed by atoms with van der Waals surface area (Å²) in [6.07, 6.45) is 0.756. The highest BCUT2D eigenvalue weighted by Gasteiger charge is 2.26. The summed E-state index contributed by atoms with van der Waals surface area (Å²) in [6.45, 7) is 7.32. The molecule has 0 aliphatic heterocycles. The first-order valence-corrected chi connectivity index (χ1v) is 8.39. The lowest BCUT2D eigenvalue weighted by atomic mass is 9.91. The van der Waals surface area contributed by atoms with Crippen molar-refractivity contribution in [2.24, 2.45) is 5.41 Å². The van der Waals surface area contributed by atoms with Crippen LogP contribution in [0.4, 0.5) is 0 Å². The van der Waals surface area contributed by atoms with E-state index in [1.165, 1.54) is 5.39 Å². The van der Waals surface area contributed by atoms with Crippen molar-refractivity contribution < 1.29 is 19.0 Å². The lowest BCUT2D eigenvalue weighted by Crippen LogP contribution is -2.27. The fourth-order valence-corrected chi connectivity index (χ4v) is 2.11. The van der Waals surface area contributed by atoms with Gasteiger partial charge in [0.15, 0.2) is 0 Å². The highest BCUT2D eigenvalue weighted by Crippen LogP contribution is 2.21. The molecule has 2 rings (SSSR count). The lowest BCUT2D eigenvalue weighted by molar-refractivity contribution is -0.155. The zero-order chi connectivity index (χ0) is 17.4. The Morgan fingerprint density at radius 3 is 2.27 bits per heavy atom. The Bertz CT molecular complexity index is 664. The van der Waals surface area contributed by atoms with Gasteiger partial charge in [-0.2, -0.15) is 0 Å². The van der Waals surface area contributed by atoms with Crippen molar-refractivity contribution in [2.45, 2.75) is 42.0 Å². The third-order valence-electron chi connectivity index (χ3n) is 4.11. The molecule has 0 aromatic heterocycles. The van der Waals surface area contributed by atoms with Crippen LogP contribution in [0.5, 0.6) is 5.75 Å². The number of fused-ring (bicyclic) bond motifs is 1. The fraction of sp³-hybridized carbons (Fsp3) is 0.500. The molecule has 146 valence electrons. The highest BCUT2D eigenvalue weighted by molar-refractivity contribution is 5.83. The second kappa shape index (κ2) is 11.5. The van der Waals surface area contributed by atoms with Gasteiger partial charge in [0.25, 0.3) is 0 Å². The summed E-state index contributed by atoms with van der Waals surface area (Å²) in [5.41, 5.74) is -0.431. The molecule has 2 aromatic rings. The molecule has 2 aromatic carbocycles. The second-order valence-electron chi connectivity index (χ2n) is 6.34. The van der Waals surface area contributed by atoms with Crippen LogP contribution >= 0.6 is 0 Å². The normalized spacial score (nSPS) is 10.6. The van der Waals surface area contributed by atoms with Crippen LogP contribution in [0.1, 0.15) is 42.0 Å². The molecule has 0 aliphatic carbocycles. The molecule has 0 amide bonds. The minimum absolute atomic E-state index is 0. The molecule has 0 saturated heterocycles. The summed E-state index contributed by atoms with van der Waals surface area (Å²) in [6, 6.07) is 14.2. The Labute approximate surface area is 158 Å². The van der Waals surface area contributed by atoms with Gasteiger partial charge in [-0.15, -0.1) is 0 Å². The molecule has 0 heterocycles. The molecular weight excluding hydrogens is 328 g/mol.